The molecule has 0 radical (unpaired) electrons. The quantitative estimate of drug-likeness (QED) is 0.744. The molecule has 1 N–H and O–H groups in total. The van der Waals surface area contributed by atoms with Crippen LogP contribution in [0.5, 0.6) is 0 Å². The number of fused-ring (bicyclic) bond motifs is 1. The number of H-pyrrole nitrogens is 1. The summed E-state index contributed by atoms with van der Waals surface area (Å²) in [6.45, 7) is 0. The highest BCUT2D eigenvalue weighted by Gasteiger charge is 2.10. The van der Waals surface area contributed by atoms with Crippen LogP contribution in [0.25, 0.3) is 16.9 Å². The molecule has 0 spiro atoms. The SMILES string of the molecule is O=c1cc(-c2cccc(Cl)c2Cl)nc2cc[nH]n12.[HH]. The van der Waals surface area contributed by atoms with Crippen molar-refractivity contribution in [1.29, 1.82) is 0 Å². The zero-order chi connectivity index (χ0) is 12.7. The number of aromatic nitrogens is 3. The van der Waals surface area contributed by atoms with Gasteiger partial charge in [0.15, 0.2) is 5.65 Å². The molecule has 18 heavy (non-hydrogen) atoms. The third kappa shape index (κ3) is 1.70. The lowest BCUT2D eigenvalue weighted by molar-refractivity contribution is 0.901. The molecule has 0 aliphatic rings. The first-order chi connectivity index (χ1) is 8.66. The fourth-order valence-corrected chi connectivity index (χ4v) is 2.16. The van der Waals surface area contributed by atoms with Gasteiger partial charge in [0, 0.05) is 25.3 Å². The van der Waals surface area contributed by atoms with Gasteiger partial charge in [-0.05, 0) is 6.07 Å². The van der Waals surface area contributed by atoms with Crippen LogP contribution in [0, 0.1) is 0 Å². The van der Waals surface area contributed by atoms with E-state index < -0.39 is 0 Å². The Kier molecular flexibility index (Phi) is 2.61. The Morgan fingerprint density at radius 2 is 2.11 bits per heavy atom. The second kappa shape index (κ2) is 4.15. The molecule has 3 aromatic rings. The van der Waals surface area contributed by atoms with Gasteiger partial charge in [0.25, 0.3) is 5.56 Å². The Balaban J connectivity index is 0.00000133. The predicted molar refractivity (Wildman–Crippen MR) is 73.4 cm³/mol. The van der Waals surface area contributed by atoms with E-state index >= 15 is 0 Å². The highest BCUT2D eigenvalue weighted by molar-refractivity contribution is 6.43. The molecule has 0 saturated heterocycles. The first kappa shape index (κ1) is 11.3. The molecule has 0 saturated carbocycles. The first-order valence-corrected chi connectivity index (χ1v) is 5.94. The summed E-state index contributed by atoms with van der Waals surface area (Å²) in [7, 11) is 0. The zero-order valence-electron chi connectivity index (χ0n) is 9.02. The van der Waals surface area contributed by atoms with Gasteiger partial charge in [-0.1, -0.05) is 35.3 Å². The normalized spacial score (nSPS) is 11.0. The maximum absolute atomic E-state index is 11.8. The van der Waals surface area contributed by atoms with Gasteiger partial charge in [-0.15, -0.1) is 0 Å². The molecule has 0 amide bonds. The van der Waals surface area contributed by atoms with Gasteiger partial charge < -0.3 is 0 Å². The van der Waals surface area contributed by atoms with Crippen molar-refractivity contribution >= 4 is 28.8 Å². The van der Waals surface area contributed by atoms with E-state index in [2.05, 4.69) is 10.1 Å². The second-order valence-corrected chi connectivity index (χ2v) is 4.52. The number of hydrogen-bond donors (Lipinski definition) is 1. The summed E-state index contributed by atoms with van der Waals surface area (Å²) >= 11 is 12.1. The maximum atomic E-state index is 11.8. The minimum absolute atomic E-state index is 0. The van der Waals surface area contributed by atoms with Crippen LogP contribution in [0.2, 0.25) is 10.0 Å². The van der Waals surface area contributed by atoms with Gasteiger partial charge in [-0.3, -0.25) is 9.89 Å². The highest BCUT2D eigenvalue weighted by atomic mass is 35.5. The first-order valence-electron chi connectivity index (χ1n) is 5.18. The maximum Gasteiger partial charge on any atom is 0.273 e. The van der Waals surface area contributed by atoms with E-state index in [4.69, 9.17) is 23.2 Å². The van der Waals surface area contributed by atoms with Crippen molar-refractivity contribution in [2.75, 3.05) is 0 Å². The van der Waals surface area contributed by atoms with Gasteiger partial charge in [0.05, 0.1) is 15.7 Å². The molecule has 3 rings (SSSR count). The third-order valence-corrected chi connectivity index (χ3v) is 3.43. The van der Waals surface area contributed by atoms with Crippen LogP contribution in [0.4, 0.5) is 0 Å². The van der Waals surface area contributed by atoms with E-state index in [1.165, 1.54) is 10.6 Å². The molecule has 2 heterocycles. The van der Waals surface area contributed by atoms with Crippen LogP contribution >= 0.6 is 23.2 Å². The van der Waals surface area contributed by atoms with Gasteiger partial charge in [-0.2, -0.15) is 0 Å². The fourth-order valence-electron chi connectivity index (χ4n) is 1.77. The van der Waals surface area contributed by atoms with Crippen LogP contribution in [0.1, 0.15) is 1.43 Å². The molecule has 2 aromatic heterocycles. The van der Waals surface area contributed by atoms with E-state index in [0.29, 0.717) is 26.9 Å². The van der Waals surface area contributed by atoms with Crippen LogP contribution in [0.15, 0.2) is 41.3 Å². The molecular formula is C12H9Cl2N3O. The van der Waals surface area contributed by atoms with E-state index in [1.807, 2.05) is 0 Å². The van der Waals surface area contributed by atoms with E-state index in [9.17, 15) is 4.79 Å². The molecular weight excluding hydrogens is 273 g/mol. The van der Waals surface area contributed by atoms with Gasteiger partial charge >= 0.3 is 0 Å². The summed E-state index contributed by atoms with van der Waals surface area (Å²) in [5.41, 5.74) is 1.49. The van der Waals surface area contributed by atoms with Crippen molar-refractivity contribution in [2.24, 2.45) is 0 Å². The van der Waals surface area contributed by atoms with E-state index in [1.54, 1.807) is 30.5 Å². The Hall–Kier alpha value is -1.78. The summed E-state index contributed by atoms with van der Waals surface area (Å²) in [4.78, 5) is 16.2. The Labute approximate surface area is 113 Å². The van der Waals surface area contributed by atoms with Crippen molar-refractivity contribution in [2.45, 2.75) is 0 Å². The zero-order valence-corrected chi connectivity index (χ0v) is 10.5. The highest BCUT2D eigenvalue weighted by Crippen LogP contribution is 2.31. The summed E-state index contributed by atoms with van der Waals surface area (Å²) in [6, 6.07) is 8.36. The largest absolute Gasteiger partial charge is 0.297 e. The summed E-state index contributed by atoms with van der Waals surface area (Å²) in [5, 5.41) is 3.60. The average molecular weight is 282 g/mol. The molecule has 0 bridgehead atoms. The lowest BCUT2D eigenvalue weighted by Crippen LogP contribution is -2.14. The van der Waals surface area contributed by atoms with Crippen LogP contribution in [-0.4, -0.2) is 14.6 Å². The molecule has 0 unspecified atom stereocenters. The number of nitrogens with one attached hydrogen (secondary N) is 1. The number of aromatic amines is 1. The van der Waals surface area contributed by atoms with Crippen LogP contribution < -0.4 is 5.56 Å². The number of benzene rings is 1. The van der Waals surface area contributed by atoms with Crippen molar-refractivity contribution in [3.05, 3.63) is 56.9 Å². The smallest absolute Gasteiger partial charge is 0.273 e. The Morgan fingerprint density at radius 1 is 1.28 bits per heavy atom. The standard InChI is InChI=1S/C12H7Cl2N3O.H2/c13-8-3-1-2-7(12(8)14)9-6-11(18)17-10(16-9)4-5-15-17;/h1-6,15H;1H. The molecule has 0 fully saturated rings. The molecule has 0 aliphatic heterocycles. The van der Waals surface area contributed by atoms with Gasteiger partial charge in [0.2, 0.25) is 0 Å². The Bertz CT molecular complexity index is 797. The number of nitrogens with zero attached hydrogens (tertiary/aromatic N) is 2. The number of hydrogen-bond acceptors (Lipinski definition) is 2. The average Bonchev–Trinajstić information content (AvgIpc) is 2.81. The van der Waals surface area contributed by atoms with Gasteiger partial charge in [-0.25, -0.2) is 9.50 Å². The molecule has 6 heteroatoms. The monoisotopic (exact) mass is 281 g/mol. The van der Waals surface area contributed by atoms with Gasteiger partial charge in [0.1, 0.15) is 0 Å². The second-order valence-electron chi connectivity index (χ2n) is 3.74. The molecule has 0 aliphatic carbocycles. The fraction of sp³-hybridized carbons (Fsp3) is 0. The van der Waals surface area contributed by atoms with E-state index in [-0.39, 0.29) is 6.99 Å². The minimum Gasteiger partial charge on any atom is -0.297 e. The lowest BCUT2D eigenvalue weighted by atomic mass is 10.1. The topological polar surface area (TPSA) is 50.2 Å². The predicted octanol–water partition coefficient (Wildman–Crippen LogP) is 3.24. The van der Waals surface area contributed by atoms with Crippen molar-refractivity contribution < 1.29 is 1.43 Å². The van der Waals surface area contributed by atoms with Crippen molar-refractivity contribution in [3.8, 4) is 11.3 Å². The van der Waals surface area contributed by atoms with Crippen LogP contribution in [-0.2, 0) is 0 Å². The summed E-state index contributed by atoms with van der Waals surface area (Å²) in [5.74, 6) is 0. The molecule has 92 valence electrons. The molecule has 4 nitrogen and oxygen atoms in total. The summed E-state index contributed by atoms with van der Waals surface area (Å²) in [6.07, 6.45) is 1.65. The van der Waals surface area contributed by atoms with E-state index in [0.717, 1.165) is 0 Å². The minimum atomic E-state index is -0.198. The van der Waals surface area contributed by atoms with Crippen molar-refractivity contribution in [1.82, 2.24) is 14.6 Å². The third-order valence-electron chi connectivity index (χ3n) is 2.61. The lowest BCUT2D eigenvalue weighted by Gasteiger charge is -2.05. The van der Waals surface area contributed by atoms with Crippen molar-refractivity contribution in [3.63, 3.8) is 0 Å². The number of rotatable bonds is 1. The molecule has 0 atom stereocenters. The summed E-state index contributed by atoms with van der Waals surface area (Å²) < 4.78 is 1.35. The number of halogens is 2. The van der Waals surface area contributed by atoms with Crippen LogP contribution in [0.3, 0.4) is 0 Å². The Morgan fingerprint density at radius 3 is 2.94 bits per heavy atom. The molecule has 1 aromatic carbocycles.